The molecule has 2 aromatic heterocycles. The lowest BCUT2D eigenvalue weighted by atomic mass is 10.0. The van der Waals surface area contributed by atoms with E-state index in [1.54, 1.807) is 6.20 Å². The average Bonchev–Trinajstić information content (AvgIpc) is 2.93. The topological polar surface area (TPSA) is 114 Å². The van der Waals surface area contributed by atoms with Crippen molar-refractivity contribution >= 4 is 11.0 Å². The van der Waals surface area contributed by atoms with Gasteiger partial charge in [-0.2, -0.15) is 0 Å². The van der Waals surface area contributed by atoms with Gasteiger partial charge in [-0.3, -0.25) is 4.79 Å². The van der Waals surface area contributed by atoms with Crippen LogP contribution in [0.15, 0.2) is 17.3 Å². The minimum atomic E-state index is -0.595. The third kappa shape index (κ3) is 1.64. The van der Waals surface area contributed by atoms with E-state index in [-0.39, 0.29) is 24.2 Å². The summed E-state index contributed by atoms with van der Waals surface area (Å²) in [6.07, 6.45) is 2.90. The zero-order valence-corrected chi connectivity index (χ0v) is 9.55. The zero-order valence-electron chi connectivity index (χ0n) is 9.55. The molecule has 7 heteroatoms. The van der Waals surface area contributed by atoms with Crippen molar-refractivity contribution < 1.29 is 10.2 Å². The molecule has 1 fully saturated rings. The molecule has 1 saturated heterocycles. The van der Waals surface area contributed by atoms with Crippen LogP contribution in [0.3, 0.4) is 0 Å². The molecule has 1 aliphatic rings. The maximum atomic E-state index is 11.6. The third-order valence-corrected chi connectivity index (χ3v) is 3.38. The molecule has 0 saturated carbocycles. The van der Waals surface area contributed by atoms with Crippen molar-refractivity contribution in [3.8, 4) is 0 Å². The SMILES string of the molecule is O=c1[nH]cnc2c([C@@H]3N[C@H](CO)C[C@@H]3O)c[nH]c12. The third-order valence-electron chi connectivity index (χ3n) is 3.38. The van der Waals surface area contributed by atoms with E-state index in [0.29, 0.717) is 17.5 Å². The molecule has 0 radical (unpaired) electrons. The molecule has 0 amide bonds. The molecule has 3 atom stereocenters. The van der Waals surface area contributed by atoms with E-state index in [4.69, 9.17) is 5.11 Å². The minimum Gasteiger partial charge on any atom is -0.395 e. The van der Waals surface area contributed by atoms with Crippen LogP contribution in [0.2, 0.25) is 0 Å². The van der Waals surface area contributed by atoms with E-state index in [9.17, 15) is 9.90 Å². The van der Waals surface area contributed by atoms with Crippen LogP contribution in [-0.2, 0) is 0 Å². The van der Waals surface area contributed by atoms with Crippen molar-refractivity contribution in [2.45, 2.75) is 24.6 Å². The number of nitrogens with zero attached hydrogens (tertiary/aromatic N) is 1. The number of aromatic nitrogens is 3. The van der Waals surface area contributed by atoms with Gasteiger partial charge in [-0.05, 0) is 6.42 Å². The lowest BCUT2D eigenvalue weighted by Crippen LogP contribution is -2.28. The molecule has 7 nitrogen and oxygen atoms in total. The van der Waals surface area contributed by atoms with Crippen molar-refractivity contribution in [2.24, 2.45) is 0 Å². The minimum absolute atomic E-state index is 0.0239. The molecule has 1 aliphatic heterocycles. The fourth-order valence-corrected chi connectivity index (χ4v) is 2.49. The number of nitrogens with one attached hydrogen (secondary N) is 3. The summed E-state index contributed by atoms with van der Waals surface area (Å²) in [6, 6.07) is -0.442. The fourth-order valence-electron chi connectivity index (χ4n) is 2.49. The molecule has 5 N–H and O–H groups in total. The lowest BCUT2D eigenvalue weighted by Gasteiger charge is -2.13. The fraction of sp³-hybridized carbons (Fsp3) is 0.455. The highest BCUT2D eigenvalue weighted by atomic mass is 16.3. The van der Waals surface area contributed by atoms with Crippen LogP contribution in [0.5, 0.6) is 0 Å². The Morgan fingerprint density at radius 1 is 1.44 bits per heavy atom. The van der Waals surface area contributed by atoms with Gasteiger partial charge in [0.1, 0.15) is 11.0 Å². The van der Waals surface area contributed by atoms with E-state index in [2.05, 4.69) is 20.3 Å². The predicted octanol–water partition coefficient (Wildman–Crippen LogP) is -0.993. The second-order valence-electron chi connectivity index (χ2n) is 4.53. The highest BCUT2D eigenvalue weighted by Gasteiger charge is 2.34. The van der Waals surface area contributed by atoms with Crippen LogP contribution >= 0.6 is 0 Å². The van der Waals surface area contributed by atoms with Crippen LogP contribution in [0, 0.1) is 0 Å². The normalized spacial score (nSPS) is 28.0. The van der Waals surface area contributed by atoms with Gasteiger partial charge in [0.25, 0.3) is 5.56 Å². The van der Waals surface area contributed by atoms with Crippen LogP contribution in [0.4, 0.5) is 0 Å². The number of hydrogen-bond donors (Lipinski definition) is 5. The predicted molar refractivity (Wildman–Crippen MR) is 64.1 cm³/mol. The smallest absolute Gasteiger partial charge is 0.275 e. The Kier molecular flexibility index (Phi) is 2.66. The maximum Gasteiger partial charge on any atom is 0.275 e. The Labute approximate surface area is 102 Å². The molecule has 96 valence electrons. The Balaban J connectivity index is 2.05. The number of H-pyrrole nitrogens is 2. The molecule has 0 aliphatic carbocycles. The van der Waals surface area contributed by atoms with Gasteiger partial charge in [-0.1, -0.05) is 0 Å². The van der Waals surface area contributed by atoms with Gasteiger partial charge in [-0.15, -0.1) is 0 Å². The van der Waals surface area contributed by atoms with E-state index < -0.39 is 6.10 Å². The molecular weight excluding hydrogens is 236 g/mol. The molecule has 2 aromatic rings. The molecule has 0 unspecified atom stereocenters. The highest BCUT2D eigenvalue weighted by molar-refractivity contribution is 5.78. The van der Waals surface area contributed by atoms with Crippen molar-refractivity contribution in [3.63, 3.8) is 0 Å². The standard InChI is InChI=1S/C11H14N4O3/c16-3-5-1-7(17)8(15-5)6-2-12-10-9(6)13-4-14-11(10)18/h2,4-5,7-8,12,15-17H,1,3H2,(H,13,14,18)/t5-,7-,8-/m0/s1. The number of rotatable bonds is 2. The van der Waals surface area contributed by atoms with E-state index >= 15 is 0 Å². The Hall–Kier alpha value is -1.70. The average molecular weight is 250 g/mol. The van der Waals surface area contributed by atoms with Gasteiger partial charge in [0.05, 0.1) is 25.1 Å². The largest absolute Gasteiger partial charge is 0.395 e. The summed E-state index contributed by atoms with van der Waals surface area (Å²) in [6.45, 7) is -0.0239. The maximum absolute atomic E-state index is 11.6. The van der Waals surface area contributed by atoms with Crippen LogP contribution in [0.1, 0.15) is 18.0 Å². The summed E-state index contributed by atoms with van der Waals surface area (Å²) in [5, 5.41) is 22.2. The monoisotopic (exact) mass is 250 g/mol. The molecule has 0 spiro atoms. The number of aromatic amines is 2. The van der Waals surface area contributed by atoms with E-state index in [0.717, 1.165) is 5.56 Å². The van der Waals surface area contributed by atoms with Crippen LogP contribution in [0.25, 0.3) is 11.0 Å². The summed E-state index contributed by atoms with van der Waals surface area (Å²) in [4.78, 5) is 21.0. The first-order valence-electron chi connectivity index (χ1n) is 5.80. The van der Waals surface area contributed by atoms with Gasteiger partial charge >= 0.3 is 0 Å². The molecular formula is C11H14N4O3. The first-order chi connectivity index (χ1) is 8.70. The molecule has 3 heterocycles. The van der Waals surface area contributed by atoms with Crippen LogP contribution < -0.4 is 10.9 Å². The highest BCUT2D eigenvalue weighted by Crippen LogP contribution is 2.30. The molecule has 3 rings (SSSR count). The molecule has 18 heavy (non-hydrogen) atoms. The first kappa shape index (κ1) is 11.4. The van der Waals surface area contributed by atoms with E-state index in [1.807, 2.05) is 0 Å². The van der Waals surface area contributed by atoms with Crippen LogP contribution in [-0.4, -0.2) is 43.9 Å². The van der Waals surface area contributed by atoms with Gasteiger partial charge in [0.2, 0.25) is 0 Å². The summed E-state index contributed by atoms with van der Waals surface area (Å²) in [7, 11) is 0. The summed E-state index contributed by atoms with van der Waals surface area (Å²) in [5.74, 6) is 0. The van der Waals surface area contributed by atoms with Crippen molar-refractivity contribution in [1.29, 1.82) is 0 Å². The van der Waals surface area contributed by atoms with Crippen molar-refractivity contribution in [2.75, 3.05) is 6.61 Å². The van der Waals surface area contributed by atoms with Gasteiger partial charge in [0, 0.05) is 17.8 Å². The number of aliphatic hydroxyl groups is 2. The molecule has 0 aromatic carbocycles. The van der Waals surface area contributed by atoms with Crippen molar-refractivity contribution in [3.05, 3.63) is 28.4 Å². The second kappa shape index (κ2) is 4.20. The quantitative estimate of drug-likeness (QED) is 0.469. The van der Waals surface area contributed by atoms with Crippen molar-refractivity contribution in [1.82, 2.24) is 20.3 Å². The van der Waals surface area contributed by atoms with Gasteiger partial charge < -0.3 is 25.5 Å². The molecule has 0 bridgehead atoms. The second-order valence-corrected chi connectivity index (χ2v) is 4.53. The summed E-state index contributed by atoms with van der Waals surface area (Å²) >= 11 is 0. The Morgan fingerprint density at radius 3 is 3.00 bits per heavy atom. The van der Waals surface area contributed by atoms with Gasteiger partial charge in [0.15, 0.2) is 0 Å². The Morgan fingerprint density at radius 2 is 2.28 bits per heavy atom. The Bertz CT molecular complexity index is 620. The lowest BCUT2D eigenvalue weighted by molar-refractivity contribution is 0.157. The number of aliphatic hydroxyl groups excluding tert-OH is 2. The number of fused-ring (bicyclic) bond motifs is 1. The zero-order chi connectivity index (χ0) is 12.7. The first-order valence-corrected chi connectivity index (χ1v) is 5.80. The summed E-state index contributed by atoms with van der Waals surface area (Å²) < 4.78 is 0. The van der Waals surface area contributed by atoms with Gasteiger partial charge in [-0.25, -0.2) is 4.98 Å². The number of hydrogen-bond acceptors (Lipinski definition) is 5. The van der Waals surface area contributed by atoms with E-state index in [1.165, 1.54) is 6.33 Å². The summed E-state index contributed by atoms with van der Waals surface area (Å²) in [5.41, 5.74) is 1.46.